The Bertz CT molecular complexity index is 974. The molecule has 7 nitrogen and oxygen atoms in total. The third kappa shape index (κ3) is 3.96. The molecule has 1 atom stereocenters. The zero-order valence-electron chi connectivity index (χ0n) is 15.3. The molecular weight excluding hydrogens is 370 g/mol. The highest BCUT2D eigenvalue weighted by Crippen LogP contribution is 2.39. The van der Waals surface area contributed by atoms with Crippen molar-refractivity contribution in [3.63, 3.8) is 0 Å². The monoisotopic (exact) mass is 391 g/mol. The number of nitrogens with zero attached hydrogens (tertiary/aromatic N) is 1. The average Bonchev–Trinajstić information content (AvgIpc) is 3.43. The minimum Gasteiger partial charge on any atom is -0.484 e. The number of ether oxygens (including phenoxy) is 2. The third-order valence-corrected chi connectivity index (χ3v) is 6.09. The molecule has 0 saturated carbocycles. The van der Waals surface area contributed by atoms with Crippen molar-refractivity contribution < 1.29 is 22.8 Å². The number of nitro benzene ring substituents is 1. The number of hydrogen-bond acceptors (Lipinski definition) is 6. The highest BCUT2D eigenvalue weighted by Gasteiger charge is 2.35. The van der Waals surface area contributed by atoms with Crippen LogP contribution in [0.15, 0.2) is 52.3 Å². The van der Waals surface area contributed by atoms with E-state index in [1.54, 1.807) is 18.2 Å². The summed E-state index contributed by atoms with van der Waals surface area (Å²) in [7, 11) is -4.13. The van der Waals surface area contributed by atoms with E-state index in [-0.39, 0.29) is 28.3 Å². The largest absolute Gasteiger partial charge is 0.484 e. The molecule has 1 unspecified atom stereocenters. The van der Waals surface area contributed by atoms with Gasteiger partial charge in [0.25, 0.3) is 0 Å². The van der Waals surface area contributed by atoms with Gasteiger partial charge in [-0.2, -0.15) is 0 Å². The van der Waals surface area contributed by atoms with Crippen LogP contribution in [0.25, 0.3) is 0 Å². The molecule has 1 saturated heterocycles. The van der Waals surface area contributed by atoms with Gasteiger partial charge in [-0.05, 0) is 29.2 Å². The van der Waals surface area contributed by atoms with Gasteiger partial charge in [0.1, 0.15) is 12.7 Å². The van der Waals surface area contributed by atoms with E-state index in [4.69, 9.17) is 9.47 Å². The van der Waals surface area contributed by atoms with Crippen LogP contribution in [0.2, 0.25) is 0 Å². The first-order chi connectivity index (χ1) is 12.6. The second-order valence-electron chi connectivity index (χ2n) is 7.38. The van der Waals surface area contributed by atoms with Crippen LogP contribution in [0.4, 0.5) is 5.69 Å². The Morgan fingerprint density at radius 2 is 1.78 bits per heavy atom. The predicted molar refractivity (Wildman–Crippen MR) is 98.9 cm³/mol. The molecular formula is C19H21NO6S. The molecule has 1 fully saturated rings. The van der Waals surface area contributed by atoms with E-state index in [0.717, 1.165) is 0 Å². The number of sulfone groups is 1. The van der Waals surface area contributed by atoms with E-state index in [0.29, 0.717) is 12.2 Å². The van der Waals surface area contributed by atoms with E-state index in [1.165, 1.54) is 24.3 Å². The molecule has 144 valence electrons. The highest BCUT2D eigenvalue weighted by atomic mass is 32.2. The van der Waals surface area contributed by atoms with Gasteiger partial charge in [-0.3, -0.25) is 10.1 Å². The normalized spacial score (nSPS) is 16.8. The summed E-state index contributed by atoms with van der Waals surface area (Å²) in [5.74, 6) is -0.0789. The highest BCUT2D eigenvalue weighted by molar-refractivity contribution is 7.91. The van der Waals surface area contributed by atoms with E-state index in [2.05, 4.69) is 0 Å². The molecule has 0 aliphatic carbocycles. The second kappa shape index (κ2) is 6.94. The van der Waals surface area contributed by atoms with Crippen molar-refractivity contribution in [2.75, 3.05) is 13.2 Å². The lowest BCUT2D eigenvalue weighted by atomic mass is 9.87. The fourth-order valence-corrected chi connectivity index (χ4v) is 4.65. The van der Waals surface area contributed by atoms with Crippen LogP contribution >= 0.6 is 0 Å². The number of nitro groups is 1. The van der Waals surface area contributed by atoms with E-state index < -0.39 is 25.9 Å². The van der Waals surface area contributed by atoms with Crippen LogP contribution in [0.1, 0.15) is 26.3 Å². The van der Waals surface area contributed by atoms with Gasteiger partial charge in [0.05, 0.1) is 16.4 Å². The zero-order chi connectivity index (χ0) is 19.8. The third-order valence-electron chi connectivity index (χ3n) is 4.25. The first kappa shape index (κ1) is 19.3. The van der Waals surface area contributed by atoms with Gasteiger partial charge in [0.15, 0.2) is 10.6 Å². The minimum absolute atomic E-state index is 0.0586. The molecule has 2 aromatic rings. The lowest BCUT2D eigenvalue weighted by molar-refractivity contribution is -0.388. The van der Waals surface area contributed by atoms with Crippen LogP contribution in [-0.4, -0.2) is 32.7 Å². The Balaban J connectivity index is 2.15. The molecule has 27 heavy (non-hydrogen) atoms. The summed E-state index contributed by atoms with van der Waals surface area (Å²) in [4.78, 5) is 10.7. The Kier molecular flexibility index (Phi) is 4.96. The second-order valence-corrected chi connectivity index (χ2v) is 9.26. The van der Waals surface area contributed by atoms with Gasteiger partial charge >= 0.3 is 5.69 Å². The van der Waals surface area contributed by atoms with Crippen LogP contribution in [-0.2, 0) is 20.0 Å². The summed E-state index contributed by atoms with van der Waals surface area (Å²) in [6.45, 7) is 6.36. The van der Waals surface area contributed by atoms with Gasteiger partial charge in [-0.1, -0.05) is 45.0 Å². The number of epoxide rings is 1. The van der Waals surface area contributed by atoms with Crippen molar-refractivity contribution in [2.24, 2.45) is 0 Å². The van der Waals surface area contributed by atoms with Crippen molar-refractivity contribution in [3.8, 4) is 5.75 Å². The van der Waals surface area contributed by atoms with Crippen LogP contribution < -0.4 is 4.74 Å². The van der Waals surface area contributed by atoms with Gasteiger partial charge < -0.3 is 9.47 Å². The molecule has 0 bridgehead atoms. The van der Waals surface area contributed by atoms with Crippen LogP contribution in [0, 0.1) is 10.1 Å². The van der Waals surface area contributed by atoms with Crippen molar-refractivity contribution in [1.29, 1.82) is 0 Å². The number of para-hydroxylation sites is 1. The maximum absolute atomic E-state index is 13.3. The quantitative estimate of drug-likeness (QED) is 0.424. The Hall–Kier alpha value is -2.45. The SMILES string of the molecule is CC(C)(C)c1ccccc1S(=O)(=O)c1cccc(OCC2CO2)c1[N+](=O)[O-]. The number of rotatable bonds is 6. The maximum atomic E-state index is 13.3. The predicted octanol–water partition coefficient (Wildman–Crippen LogP) is 3.50. The molecule has 0 radical (unpaired) electrons. The Morgan fingerprint density at radius 1 is 1.15 bits per heavy atom. The minimum atomic E-state index is -4.13. The average molecular weight is 391 g/mol. The van der Waals surface area contributed by atoms with Crippen molar-refractivity contribution in [2.45, 2.75) is 42.1 Å². The first-order valence-corrected chi connectivity index (χ1v) is 9.97. The summed E-state index contributed by atoms with van der Waals surface area (Å²) in [5.41, 5.74) is -0.408. The summed E-state index contributed by atoms with van der Waals surface area (Å²) in [6.07, 6.45) is -0.105. The van der Waals surface area contributed by atoms with Crippen molar-refractivity contribution >= 4 is 15.5 Å². The standard InChI is InChI=1S/C19H21NO6S/c1-19(2,3)14-7-4-5-9-16(14)27(23,24)17-10-6-8-15(18(17)20(21)22)26-12-13-11-25-13/h4-10,13H,11-12H2,1-3H3. The van der Waals surface area contributed by atoms with Crippen molar-refractivity contribution in [3.05, 3.63) is 58.1 Å². The Labute approximate surface area is 158 Å². The first-order valence-electron chi connectivity index (χ1n) is 8.49. The molecule has 1 heterocycles. The number of benzene rings is 2. The number of hydrogen-bond donors (Lipinski definition) is 0. The Morgan fingerprint density at radius 3 is 2.37 bits per heavy atom. The molecule has 2 aromatic carbocycles. The lowest BCUT2D eigenvalue weighted by Gasteiger charge is -2.22. The fraction of sp³-hybridized carbons (Fsp3) is 0.368. The van der Waals surface area contributed by atoms with E-state index in [9.17, 15) is 18.5 Å². The zero-order valence-corrected chi connectivity index (χ0v) is 16.2. The summed E-state index contributed by atoms with van der Waals surface area (Å²) >= 11 is 0. The van der Waals surface area contributed by atoms with Crippen LogP contribution in [0.3, 0.4) is 0 Å². The molecule has 0 N–H and O–H groups in total. The maximum Gasteiger partial charge on any atom is 0.329 e. The molecule has 0 spiro atoms. The fourth-order valence-electron chi connectivity index (χ4n) is 2.80. The smallest absolute Gasteiger partial charge is 0.329 e. The molecule has 0 aromatic heterocycles. The van der Waals surface area contributed by atoms with Gasteiger partial charge in [0, 0.05) is 0 Å². The molecule has 0 amide bonds. The van der Waals surface area contributed by atoms with Gasteiger partial charge in [-0.15, -0.1) is 0 Å². The van der Waals surface area contributed by atoms with Crippen LogP contribution in [0.5, 0.6) is 5.75 Å². The topological polar surface area (TPSA) is 99.0 Å². The van der Waals surface area contributed by atoms with E-state index >= 15 is 0 Å². The molecule has 1 aliphatic heterocycles. The van der Waals surface area contributed by atoms with Crippen molar-refractivity contribution in [1.82, 2.24) is 0 Å². The lowest BCUT2D eigenvalue weighted by Crippen LogP contribution is -2.18. The molecule has 3 rings (SSSR count). The summed E-state index contributed by atoms with van der Waals surface area (Å²) < 4.78 is 37.2. The van der Waals surface area contributed by atoms with Gasteiger partial charge in [0.2, 0.25) is 9.84 Å². The molecule has 1 aliphatic rings. The summed E-state index contributed by atoms with van der Waals surface area (Å²) in [5, 5.41) is 11.7. The van der Waals surface area contributed by atoms with E-state index in [1.807, 2.05) is 20.8 Å². The molecule has 8 heteroatoms. The van der Waals surface area contributed by atoms with Gasteiger partial charge in [-0.25, -0.2) is 8.42 Å². The summed E-state index contributed by atoms with van der Waals surface area (Å²) in [6, 6.07) is 10.7.